The number of aromatic nitrogens is 1. The molecule has 0 aliphatic carbocycles. The number of para-hydroxylation sites is 1. The van der Waals surface area contributed by atoms with E-state index in [4.69, 9.17) is 4.74 Å². The Kier molecular flexibility index (Phi) is 6.64. The molecule has 0 unspecified atom stereocenters. The molecule has 5 nitrogen and oxygen atoms in total. The Morgan fingerprint density at radius 3 is 2.65 bits per heavy atom. The van der Waals surface area contributed by atoms with Crippen molar-refractivity contribution in [1.82, 2.24) is 9.88 Å². The topological polar surface area (TPSA) is 54.5 Å². The fourth-order valence-corrected chi connectivity index (χ4v) is 5.38. The van der Waals surface area contributed by atoms with Crippen LogP contribution in [0.15, 0.2) is 71.1 Å². The van der Waals surface area contributed by atoms with Crippen LogP contribution < -0.4 is 9.46 Å². The maximum absolute atomic E-state index is 13.8. The molecule has 4 aromatic rings. The summed E-state index contributed by atoms with van der Waals surface area (Å²) in [7, 11) is 0. The molecule has 9 heteroatoms. The molecule has 0 radical (unpaired) electrons. The lowest BCUT2D eigenvalue weighted by molar-refractivity contribution is 0.0588. The van der Waals surface area contributed by atoms with E-state index in [0.717, 1.165) is 26.9 Å². The number of amides is 1. The average molecular weight is 498 g/mol. The Balaban J connectivity index is 1.14. The molecule has 0 spiro atoms. The van der Waals surface area contributed by atoms with Crippen molar-refractivity contribution in [2.45, 2.75) is 23.8 Å². The minimum Gasteiger partial charge on any atom is -0.487 e. The average Bonchev–Trinajstić information content (AvgIpc) is 3.34. The predicted molar refractivity (Wildman–Crippen MR) is 131 cm³/mol. The summed E-state index contributed by atoms with van der Waals surface area (Å²) in [5.41, 5.74) is 4.32. The smallest absolute Gasteiger partial charge is 0.253 e. The number of ether oxygens (including phenoxy) is 1. The number of halogens is 2. The number of hydrogen-bond donors (Lipinski definition) is 1. The van der Waals surface area contributed by atoms with E-state index < -0.39 is 11.6 Å². The molecule has 1 aliphatic heterocycles. The molecule has 0 atom stereocenters. The zero-order chi connectivity index (χ0) is 23.5. The van der Waals surface area contributed by atoms with Crippen molar-refractivity contribution in [3.8, 4) is 5.75 Å². The minimum absolute atomic E-state index is 0.0400. The lowest BCUT2D eigenvalue weighted by Gasteiger charge is -2.32. The standard InChI is InChI=1S/C25H21F2N3O2S2/c26-17-6-9-21(20(27)14-17)32-19-10-12-30(13-11-19)25(31)16-4-7-18(8-5-16)29-34-23-3-1-2-22-24(23)28-15-33-22/h1-9,14-15,19,29H,10-13H2. The number of benzene rings is 3. The number of carbonyl (C=O) groups excluding carboxylic acids is 1. The van der Waals surface area contributed by atoms with Gasteiger partial charge >= 0.3 is 0 Å². The largest absolute Gasteiger partial charge is 0.487 e. The van der Waals surface area contributed by atoms with Crippen molar-refractivity contribution in [1.29, 1.82) is 0 Å². The lowest BCUT2D eigenvalue weighted by atomic mass is 10.1. The van der Waals surface area contributed by atoms with E-state index in [0.29, 0.717) is 31.5 Å². The molecular weight excluding hydrogens is 476 g/mol. The van der Waals surface area contributed by atoms with Crippen molar-refractivity contribution in [2.24, 2.45) is 0 Å². The highest BCUT2D eigenvalue weighted by Gasteiger charge is 2.25. The molecule has 1 aliphatic rings. The second-order valence-electron chi connectivity index (χ2n) is 7.92. The zero-order valence-electron chi connectivity index (χ0n) is 18.0. The Bertz CT molecular complexity index is 1310. The molecule has 1 fully saturated rings. The van der Waals surface area contributed by atoms with Gasteiger partial charge in [-0.1, -0.05) is 6.07 Å². The first-order valence-corrected chi connectivity index (χ1v) is 12.5. The predicted octanol–water partition coefficient (Wildman–Crippen LogP) is 6.38. The van der Waals surface area contributed by atoms with Gasteiger partial charge in [0.1, 0.15) is 11.9 Å². The number of nitrogens with one attached hydrogen (secondary N) is 1. The molecule has 1 aromatic heterocycles. The van der Waals surface area contributed by atoms with Crippen LogP contribution in [-0.4, -0.2) is 35.0 Å². The van der Waals surface area contributed by atoms with E-state index >= 15 is 0 Å². The van der Waals surface area contributed by atoms with Crippen molar-refractivity contribution in [2.75, 3.05) is 17.8 Å². The van der Waals surface area contributed by atoms with Gasteiger partial charge in [0.2, 0.25) is 0 Å². The van der Waals surface area contributed by atoms with Crippen LogP contribution in [-0.2, 0) is 0 Å². The highest BCUT2D eigenvalue weighted by atomic mass is 32.2. The molecular formula is C25H21F2N3O2S2. The molecule has 3 aromatic carbocycles. The number of nitrogens with zero attached hydrogens (tertiary/aromatic N) is 2. The van der Waals surface area contributed by atoms with Crippen molar-refractivity contribution >= 4 is 45.1 Å². The third-order valence-corrected chi connectivity index (χ3v) is 7.33. The van der Waals surface area contributed by atoms with Gasteiger partial charge in [-0.15, -0.1) is 11.3 Å². The normalized spacial score (nSPS) is 14.4. The Morgan fingerprint density at radius 1 is 1.09 bits per heavy atom. The molecule has 1 amide bonds. The van der Waals surface area contributed by atoms with Crippen molar-refractivity contribution < 1.29 is 18.3 Å². The van der Waals surface area contributed by atoms with Crippen LogP contribution >= 0.6 is 23.3 Å². The zero-order valence-corrected chi connectivity index (χ0v) is 19.7. The number of hydrogen-bond acceptors (Lipinski definition) is 6. The highest BCUT2D eigenvalue weighted by Crippen LogP contribution is 2.30. The van der Waals surface area contributed by atoms with Crippen LogP contribution in [0.25, 0.3) is 10.2 Å². The first-order chi connectivity index (χ1) is 16.6. The fraction of sp³-hybridized carbons (Fsp3) is 0.200. The van der Waals surface area contributed by atoms with Crippen LogP contribution in [0.2, 0.25) is 0 Å². The lowest BCUT2D eigenvalue weighted by Crippen LogP contribution is -2.41. The highest BCUT2D eigenvalue weighted by molar-refractivity contribution is 8.00. The first-order valence-electron chi connectivity index (χ1n) is 10.8. The number of rotatable bonds is 6. The number of piperidine rings is 1. The summed E-state index contributed by atoms with van der Waals surface area (Å²) >= 11 is 3.10. The van der Waals surface area contributed by atoms with E-state index in [9.17, 15) is 13.6 Å². The van der Waals surface area contributed by atoms with Crippen molar-refractivity contribution in [3.63, 3.8) is 0 Å². The van der Waals surface area contributed by atoms with Crippen LogP contribution in [0.3, 0.4) is 0 Å². The molecule has 1 N–H and O–H groups in total. The Hall–Kier alpha value is -3.17. The number of carbonyl (C=O) groups is 1. The Labute approximate surface area is 203 Å². The van der Waals surface area contributed by atoms with Gasteiger partial charge in [0, 0.05) is 43.2 Å². The minimum atomic E-state index is -0.714. The van der Waals surface area contributed by atoms with Gasteiger partial charge < -0.3 is 14.4 Å². The molecule has 0 saturated carbocycles. The summed E-state index contributed by atoms with van der Waals surface area (Å²) in [6.45, 7) is 1.03. The quantitative estimate of drug-likeness (QED) is 0.314. The molecule has 0 bridgehead atoms. The Morgan fingerprint density at radius 2 is 1.88 bits per heavy atom. The third-order valence-electron chi connectivity index (χ3n) is 5.65. The fourth-order valence-electron chi connectivity index (χ4n) is 3.85. The van der Waals surface area contributed by atoms with Crippen LogP contribution in [0.1, 0.15) is 23.2 Å². The van der Waals surface area contributed by atoms with Gasteiger partial charge in [-0.2, -0.15) is 0 Å². The number of fused-ring (bicyclic) bond motifs is 1. The second kappa shape index (κ2) is 9.99. The maximum Gasteiger partial charge on any atom is 0.253 e. The monoisotopic (exact) mass is 497 g/mol. The van der Waals surface area contributed by atoms with Gasteiger partial charge in [-0.25, -0.2) is 13.8 Å². The van der Waals surface area contributed by atoms with Gasteiger partial charge in [0.15, 0.2) is 11.6 Å². The first kappa shape index (κ1) is 22.6. The molecule has 34 heavy (non-hydrogen) atoms. The van der Waals surface area contributed by atoms with E-state index in [2.05, 4.69) is 9.71 Å². The summed E-state index contributed by atoms with van der Waals surface area (Å²) in [5, 5.41) is 0. The van der Waals surface area contributed by atoms with Gasteiger partial charge in [-0.3, -0.25) is 4.79 Å². The summed E-state index contributed by atoms with van der Waals surface area (Å²) in [5.74, 6) is -1.36. The van der Waals surface area contributed by atoms with Crippen LogP contribution in [0, 0.1) is 11.6 Å². The molecule has 5 rings (SSSR count). The van der Waals surface area contributed by atoms with E-state index in [-0.39, 0.29) is 17.8 Å². The number of likely N-dealkylation sites (tertiary alicyclic amines) is 1. The SMILES string of the molecule is O=C(c1ccc(NSc2cccc3scnc23)cc1)N1CCC(Oc2ccc(F)cc2F)CC1. The van der Waals surface area contributed by atoms with Crippen molar-refractivity contribution in [3.05, 3.63) is 83.4 Å². The van der Waals surface area contributed by atoms with E-state index in [1.54, 1.807) is 16.2 Å². The molecule has 1 saturated heterocycles. The second-order valence-corrected chi connectivity index (χ2v) is 9.66. The number of anilines is 1. The van der Waals surface area contributed by atoms with Gasteiger partial charge in [0.25, 0.3) is 5.91 Å². The van der Waals surface area contributed by atoms with E-state index in [1.165, 1.54) is 24.1 Å². The van der Waals surface area contributed by atoms with Gasteiger partial charge in [-0.05, 0) is 60.5 Å². The maximum atomic E-state index is 13.8. The van der Waals surface area contributed by atoms with Crippen LogP contribution in [0.4, 0.5) is 14.5 Å². The van der Waals surface area contributed by atoms with Crippen LogP contribution in [0.5, 0.6) is 5.75 Å². The van der Waals surface area contributed by atoms with E-state index in [1.807, 2.05) is 48.0 Å². The summed E-state index contributed by atoms with van der Waals surface area (Å²) in [6.07, 6.45) is 0.955. The van der Waals surface area contributed by atoms with Gasteiger partial charge in [0.05, 0.1) is 20.6 Å². The summed E-state index contributed by atoms with van der Waals surface area (Å²) in [4.78, 5) is 20.2. The molecule has 174 valence electrons. The summed E-state index contributed by atoms with van der Waals surface area (Å²) < 4.78 is 37.0. The summed E-state index contributed by atoms with van der Waals surface area (Å²) in [6, 6.07) is 16.8. The third kappa shape index (κ3) is 5.00. The molecule has 2 heterocycles. The number of thiazole rings is 1.